The maximum absolute atomic E-state index is 12.7. The predicted octanol–water partition coefficient (Wildman–Crippen LogP) is 3.49. The number of hydrogen-bond acceptors (Lipinski definition) is 2. The molecule has 2 rings (SSSR count). The average Bonchev–Trinajstić information content (AvgIpc) is 2.22. The van der Waals surface area contributed by atoms with Crippen molar-refractivity contribution >= 4 is 24.0 Å². The molecule has 0 aliphatic carbocycles. The summed E-state index contributed by atoms with van der Waals surface area (Å²) in [5.74, 6) is 0. The van der Waals surface area contributed by atoms with Crippen LogP contribution >= 0.6 is 24.0 Å². The minimum Gasteiger partial charge on any atom is -0.323 e. The van der Waals surface area contributed by atoms with Crippen LogP contribution in [0.3, 0.4) is 0 Å². The molecule has 0 amide bonds. The van der Waals surface area contributed by atoms with Crippen molar-refractivity contribution in [1.29, 1.82) is 0 Å². The Bertz CT molecular complexity index is 433. The van der Waals surface area contributed by atoms with E-state index in [2.05, 4.69) is 4.90 Å². The van der Waals surface area contributed by atoms with Crippen LogP contribution in [0.1, 0.15) is 23.6 Å². The molecule has 1 fully saturated rings. The smallest absolute Gasteiger partial charge is 0.323 e. The molecule has 0 radical (unpaired) electrons. The van der Waals surface area contributed by atoms with E-state index >= 15 is 0 Å². The molecule has 0 unspecified atom stereocenters. The zero-order valence-electron chi connectivity index (χ0n) is 10.1. The third kappa shape index (κ3) is 3.99. The SMILES string of the molecule is Cl.N[C@@H](CN1CCC1)c1ccc(Cl)c(C(F)(F)F)c1. The zero-order chi connectivity index (χ0) is 13.3. The van der Waals surface area contributed by atoms with E-state index in [9.17, 15) is 13.2 Å². The Hall–Kier alpha value is -0.490. The Morgan fingerprint density at radius 1 is 1.32 bits per heavy atom. The molecule has 19 heavy (non-hydrogen) atoms. The van der Waals surface area contributed by atoms with Gasteiger partial charge in [0.2, 0.25) is 0 Å². The van der Waals surface area contributed by atoms with Gasteiger partial charge in [0, 0.05) is 12.6 Å². The number of likely N-dealkylation sites (tertiary alicyclic amines) is 1. The molecule has 7 heteroatoms. The van der Waals surface area contributed by atoms with E-state index in [1.54, 1.807) is 6.07 Å². The number of rotatable bonds is 3. The van der Waals surface area contributed by atoms with Crippen LogP contribution in [0.4, 0.5) is 13.2 Å². The summed E-state index contributed by atoms with van der Waals surface area (Å²) in [5, 5.41) is -0.289. The summed E-state index contributed by atoms with van der Waals surface area (Å²) in [7, 11) is 0. The van der Waals surface area contributed by atoms with Crippen molar-refractivity contribution in [1.82, 2.24) is 4.90 Å². The van der Waals surface area contributed by atoms with E-state index in [0.717, 1.165) is 25.6 Å². The average molecular weight is 315 g/mol. The third-order valence-electron chi connectivity index (χ3n) is 3.13. The molecule has 108 valence electrons. The first kappa shape index (κ1) is 16.6. The van der Waals surface area contributed by atoms with Crippen molar-refractivity contribution < 1.29 is 13.2 Å². The molecule has 0 bridgehead atoms. The van der Waals surface area contributed by atoms with Crippen LogP contribution in [0.5, 0.6) is 0 Å². The Morgan fingerprint density at radius 2 is 1.95 bits per heavy atom. The van der Waals surface area contributed by atoms with Gasteiger partial charge in [0.25, 0.3) is 0 Å². The van der Waals surface area contributed by atoms with Crippen LogP contribution < -0.4 is 5.73 Å². The summed E-state index contributed by atoms with van der Waals surface area (Å²) >= 11 is 5.56. The van der Waals surface area contributed by atoms with Gasteiger partial charge in [-0.25, -0.2) is 0 Å². The fraction of sp³-hybridized carbons (Fsp3) is 0.500. The molecule has 1 atom stereocenters. The molecule has 1 heterocycles. The zero-order valence-corrected chi connectivity index (χ0v) is 11.7. The lowest BCUT2D eigenvalue weighted by Crippen LogP contribution is -2.41. The largest absolute Gasteiger partial charge is 0.417 e. The fourth-order valence-electron chi connectivity index (χ4n) is 1.94. The van der Waals surface area contributed by atoms with Crippen molar-refractivity contribution in [3.05, 3.63) is 34.3 Å². The van der Waals surface area contributed by atoms with E-state index in [1.807, 2.05) is 0 Å². The number of nitrogens with zero attached hydrogens (tertiary/aromatic N) is 1. The molecule has 1 aliphatic rings. The van der Waals surface area contributed by atoms with Gasteiger partial charge in [-0.15, -0.1) is 12.4 Å². The van der Waals surface area contributed by atoms with Gasteiger partial charge >= 0.3 is 6.18 Å². The van der Waals surface area contributed by atoms with Crippen LogP contribution in [-0.2, 0) is 6.18 Å². The molecule has 2 N–H and O–H groups in total. The number of nitrogens with two attached hydrogens (primary N) is 1. The van der Waals surface area contributed by atoms with Crippen LogP contribution in [0, 0.1) is 0 Å². The topological polar surface area (TPSA) is 29.3 Å². The maximum atomic E-state index is 12.7. The summed E-state index contributed by atoms with van der Waals surface area (Å²) < 4.78 is 38.1. The van der Waals surface area contributed by atoms with Gasteiger partial charge < -0.3 is 10.6 Å². The van der Waals surface area contributed by atoms with Crippen molar-refractivity contribution in [3.63, 3.8) is 0 Å². The number of halogens is 5. The van der Waals surface area contributed by atoms with Gasteiger partial charge in [0.05, 0.1) is 10.6 Å². The maximum Gasteiger partial charge on any atom is 0.417 e. The normalized spacial score (nSPS) is 17.5. The lowest BCUT2D eigenvalue weighted by Gasteiger charge is -2.33. The van der Waals surface area contributed by atoms with Gasteiger partial charge in [0.15, 0.2) is 0 Å². The van der Waals surface area contributed by atoms with E-state index in [0.29, 0.717) is 12.1 Å². The van der Waals surface area contributed by atoms with Crippen molar-refractivity contribution in [3.8, 4) is 0 Å². The van der Waals surface area contributed by atoms with Crippen LogP contribution in [-0.4, -0.2) is 24.5 Å². The van der Waals surface area contributed by atoms with Crippen LogP contribution in [0.2, 0.25) is 5.02 Å². The first-order valence-corrected chi connectivity index (χ1v) is 6.10. The quantitative estimate of drug-likeness (QED) is 0.925. The highest BCUT2D eigenvalue weighted by Gasteiger charge is 2.33. The molecule has 0 spiro atoms. The summed E-state index contributed by atoms with van der Waals surface area (Å²) in [5.41, 5.74) is 5.57. The molecule has 1 aromatic rings. The summed E-state index contributed by atoms with van der Waals surface area (Å²) in [4.78, 5) is 2.12. The van der Waals surface area contributed by atoms with Gasteiger partial charge in [-0.2, -0.15) is 13.2 Å². The second-order valence-corrected chi connectivity index (χ2v) is 4.90. The van der Waals surface area contributed by atoms with Gasteiger partial charge in [-0.1, -0.05) is 17.7 Å². The summed E-state index contributed by atoms with van der Waals surface area (Å²) in [6.45, 7) is 2.51. The molecule has 0 aromatic heterocycles. The van der Waals surface area contributed by atoms with Gasteiger partial charge in [-0.3, -0.25) is 0 Å². The Labute approximate surface area is 121 Å². The molecular formula is C12H15Cl2F3N2. The van der Waals surface area contributed by atoms with Crippen molar-refractivity contribution in [2.75, 3.05) is 19.6 Å². The van der Waals surface area contributed by atoms with Gasteiger partial charge in [0.1, 0.15) is 0 Å². The Morgan fingerprint density at radius 3 is 2.42 bits per heavy atom. The second-order valence-electron chi connectivity index (χ2n) is 4.50. The minimum atomic E-state index is -4.44. The monoisotopic (exact) mass is 314 g/mol. The first-order valence-electron chi connectivity index (χ1n) is 5.72. The molecule has 1 saturated heterocycles. The van der Waals surface area contributed by atoms with Crippen LogP contribution in [0.25, 0.3) is 0 Å². The highest BCUT2D eigenvalue weighted by molar-refractivity contribution is 6.31. The third-order valence-corrected chi connectivity index (χ3v) is 3.46. The molecule has 1 aliphatic heterocycles. The fourth-order valence-corrected chi connectivity index (χ4v) is 2.16. The lowest BCUT2D eigenvalue weighted by molar-refractivity contribution is -0.137. The number of hydrogen-bond donors (Lipinski definition) is 1. The van der Waals surface area contributed by atoms with E-state index < -0.39 is 17.8 Å². The van der Waals surface area contributed by atoms with E-state index in [1.165, 1.54) is 6.07 Å². The van der Waals surface area contributed by atoms with Crippen molar-refractivity contribution in [2.24, 2.45) is 5.73 Å². The predicted molar refractivity (Wildman–Crippen MR) is 71.7 cm³/mol. The Kier molecular flexibility index (Phi) is 5.50. The molecule has 0 saturated carbocycles. The highest BCUT2D eigenvalue weighted by atomic mass is 35.5. The molecule has 1 aromatic carbocycles. The van der Waals surface area contributed by atoms with Crippen molar-refractivity contribution in [2.45, 2.75) is 18.6 Å². The standard InChI is InChI=1S/C12H14ClF3N2.ClH/c13-10-3-2-8(6-9(10)12(14,15)16)11(17)7-18-4-1-5-18;/h2-3,6,11H,1,4-5,7,17H2;1H/t11-;/m0./s1. The molecular weight excluding hydrogens is 300 g/mol. The first-order chi connectivity index (χ1) is 8.38. The number of benzene rings is 1. The summed E-state index contributed by atoms with van der Waals surface area (Å²) in [6.07, 6.45) is -3.31. The molecule has 2 nitrogen and oxygen atoms in total. The van der Waals surface area contributed by atoms with E-state index in [4.69, 9.17) is 17.3 Å². The minimum absolute atomic E-state index is 0. The van der Waals surface area contributed by atoms with E-state index in [-0.39, 0.29) is 17.4 Å². The summed E-state index contributed by atoms with van der Waals surface area (Å²) in [6, 6.07) is 3.45. The van der Waals surface area contributed by atoms with Gasteiger partial charge in [-0.05, 0) is 37.2 Å². The highest BCUT2D eigenvalue weighted by Crippen LogP contribution is 2.36. The Balaban J connectivity index is 0.00000180. The van der Waals surface area contributed by atoms with Crippen LogP contribution in [0.15, 0.2) is 18.2 Å². The lowest BCUT2D eigenvalue weighted by atomic mass is 10.0. The number of alkyl halides is 3. The second kappa shape index (κ2) is 6.31.